The Labute approximate surface area is 295 Å². The van der Waals surface area contributed by atoms with Crippen LogP contribution < -0.4 is 20.2 Å². The van der Waals surface area contributed by atoms with Crippen molar-refractivity contribution < 1.29 is 18.3 Å². The monoisotopic (exact) mass is 696 g/mol. The van der Waals surface area contributed by atoms with Gasteiger partial charge in [0.2, 0.25) is 0 Å². The molecular weight excluding hydrogens is 654 g/mol. The number of rotatable bonds is 11. The Hall–Kier alpha value is -5.30. The normalized spacial score (nSPS) is 19.3. The van der Waals surface area contributed by atoms with E-state index in [1.54, 1.807) is 32.8 Å². The summed E-state index contributed by atoms with van der Waals surface area (Å²) in [4.78, 5) is 21.8. The molecule has 2 aliphatic rings. The number of benzene rings is 3. The molecule has 7 rings (SSSR count). The predicted octanol–water partition coefficient (Wildman–Crippen LogP) is 6.12. The number of anilines is 2. The highest BCUT2D eigenvalue weighted by molar-refractivity contribution is 5.55. The van der Waals surface area contributed by atoms with E-state index in [9.17, 15) is 13.6 Å². The van der Waals surface area contributed by atoms with E-state index in [1.165, 1.54) is 18.5 Å². The molecule has 2 aromatic heterocycles. The molecule has 266 valence electrons. The van der Waals surface area contributed by atoms with Crippen LogP contribution >= 0.6 is 0 Å². The Bertz CT molecular complexity index is 2020. The molecule has 0 radical (unpaired) electrons. The van der Waals surface area contributed by atoms with E-state index in [-0.39, 0.29) is 30.4 Å². The van der Waals surface area contributed by atoms with Gasteiger partial charge in [0.25, 0.3) is 0 Å². The molecule has 2 saturated heterocycles. The molecule has 0 saturated carbocycles. The molecule has 0 spiro atoms. The van der Waals surface area contributed by atoms with Crippen LogP contribution in [-0.2, 0) is 16.9 Å². The number of nitrogens with zero attached hydrogens (tertiary/aromatic N) is 8. The Morgan fingerprint density at radius 3 is 2.18 bits per heavy atom. The fourth-order valence-electron chi connectivity index (χ4n) is 7.15. The molecule has 13 heteroatoms. The van der Waals surface area contributed by atoms with Crippen molar-refractivity contribution in [3.8, 4) is 11.4 Å². The minimum absolute atomic E-state index is 0.0730. The molecule has 2 aliphatic heterocycles. The van der Waals surface area contributed by atoms with Gasteiger partial charge in [0.15, 0.2) is 0 Å². The van der Waals surface area contributed by atoms with Crippen molar-refractivity contribution in [3.05, 3.63) is 125 Å². The van der Waals surface area contributed by atoms with Crippen LogP contribution in [0.3, 0.4) is 0 Å². The van der Waals surface area contributed by atoms with Crippen molar-refractivity contribution in [2.75, 3.05) is 42.6 Å². The van der Waals surface area contributed by atoms with E-state index >= 15 is 0 Å². The summed E-state index contributed by atoms with van der Waals surface area (Å²) in [6.45, 7) is 10.2. The molecule has 3 aromatic carbocycles. The SMILES string of the molecule is CC[C@@H](C(C)C)n1ncn(-c2ccc(N3CCN(c4ccc(OC=C5COC(Cn6cncn6)(c6ccc(F)cc6F)C5)cc4)CC3)cc2)c1=O. The van der Waals surface area contributed by atoms with Gasteiger partial charge >= 0.3 is 5.69 Å². The van der Waals surface area contributed by atoms with E-state index in [0.29, 0.717) is 18.1 Å². The standard InChI is InChI=1S/C38H42F2N8O3/c1-4-36(27(2)3)48-37(49)47(26-43-48)32-8-6-30(7-9-32)44-15-17-45(18-16-44)31-10-12-33(13-11-31)50-21-28-20-38(51-22-28,23-46-25-41-24-42-46)34-14-5-29(39)19-35(34)40/h5-14,19,21,24-27,36H,4,15-18,20,22-23H2,1-3H3/t36-,38?/m0/s1. The topological polar surface area (TPSA) is 95.5 Å². The first kappa shape index (κ1) is 34.2. The summed E-state index contributed by atoms with van der Waals surface area (Å²) in [7, 11) is 0. The molecule has 4 heterocycles. The van der Waals surface area contributed by atoms with Crippen molar-refractivity contribution in [2.24, 2.45) is 5.92 Å². The largest absolute Gasteiger partial charge is 0.465 e. The predicted molar refractivity (Wildman–Crippen MR) is 190 cm³/mol. The molecule has 0 N–H and O–H groups in total. The number of halogens is 2. The maximum Gasteiger partial charge on any atom is 0.350 e. The molecule has 0 aliphatic carbocycles. The number of ether oxygens (including phenoxy) is 2. The molecule has 5 aromatic rings. The van der Waals surface area contributed by atoms with Crippen molar-refractivity contribution in [3.63, 3.8) is 0 Å². The zero-order chi connectivity index (χ0) is 35.5. The van der Waals surface area contributed by atoms with Crippen LogP contribution in [0.5, 0.6) is 5.75 Å². The van der Waals surface area contributed by atoms with Crippen LogP contribution in [0, 0.1) is 17.6 Å². The first-order valence-electron chi connectivity index (χ1n) is 17.4. The Kier molecular flexibility index (Phi) is 9.72. The number of hydrogen-bond acceptors (Lipinski definition) is 8. The lowest BCUT2D eigenvalue weighted by atomic mass is 9.89. The van der Waals surface area contributed by atoms with Gasteiger partial charge in [-0.3, -0.25) is 0 Å². The van der Waals surface area contributed by atoms with Gasteiger partial charge in [0, 0.05) is 55.6 Å². The molecule has 51 heavy (non-hydrogen) atoms. The lowest BCUT2D eigenvalue weighted by Crippen LogP contribution is -2.46. The van der Waals surface area contributed by atoms with Gasteiger partial charge < -0.3 is 19.3 Å². The third-order valence-corrected chi connectivity index (χ3v) is 9.88. The van der Waals surface area contributed by atoms with E-state index in [2.05, 4.69) is 57.9 Å². The summed E-state index contributed by atoms with van der Waals surface area (Å²) in [6.07, 6.45) is 7.42. The summed E-state index contributed by atoms with van der Waals surface area (Å²) in [5.74, 6) is -0.323. The van der Waals surface area contributed by atoms with Crippen molar-refractivity contribution in [1.29, 1.82) is 0 Å². The summed E-state index contributed by atoms with van der Waals surface area (Å²) < 4.78 is 45.7. The summed E-state index contributed by atoms with van der Waals surface area (Å²) in [5, 5.41) is 8.58. The Morgan fingerprint density at radius 2 is 1.57 bits per heavy atom. The highest BCUT2D eigenvalue weighted by Gasteiger charge is 2.42. The zero-order valence-electron chi connectivity index (χ0n) is 29.0. The maximum absolute atomic E-state index is 15.0. The van der Waals surface area contributed by atoms with Crippen molar-refractivity contribution in [2.45, 2.75) is 51.8 Å². The van der Waals surface area contributed by atoms with Crippen LogP contribution in [-0.4, -0.2) is 61.9 Å². The fourth-order valence-corrected chi connectivity index (χ4v) is 7.15. The molecule has 0 amide bonds. The van der Waals surface area contributed by atoms with Crippen LogP contribution in [0.25, 0.3) is 5.69 Å². The summed E-state index contributed by atoms with van der Waals surface area (Å²) in [5.41, 5.74) is 2.94. The first-order chi connectivity index (χ1) is 24.7. The second kappa shape index (κ2) is 14.5. The lowest BCUT2D eigenvalue weighted by molar-refractivity contribution is -0.0193. The van der Waals surface area contributed by atoms with E-state index in [1.807, 2.05) is 36.4 Å². The van der Waals surface area contributed by atoms with Crippen LogP contribution in [0.2, 0.25) is 0 Å². The second-order valence-electron chi connectivity index (χ2n) is 13.5. The van der Waals surface area contributed by atoms with Crippen LogP contribution in [0.4, 0.5) is 20.2 Å². The third-order valence-electron chi connectivity index (χ3n) is 9.88. The number of piperazine rings is 1. The number of hydrogen-bond donors (Lipinski definition) is 0. The Balaban J connectivity index is 0.949. The molecule has 2 atom stereocenters. The van der Waals surface area contributed by atoms with Gasteiger partial charge in [-0.05, 0) is 72.5 Å². The van der Waals surface area contributed by atoms with Crippen LogP contribution in [0.15, 0.2) is 102 Å². The second-order valence-corrected chi connectivity index (χ2v) is 13.5. The minimum Gasteiger partial charge on any atom is -0.465 e. The zero-order valence-corrected chi connectivity index (χ0v) is 29.0. The van der Waals surface area contributed by atoms with Gasteiger partial charge in [0.1, 0.15) is 42.0 Å². The van der Waals surface area contributed by atoms with Gasteiger partial charge in [-0.25, -0.2) is 32.5 Å². The average Bonchev–Trinajstić information content (AvgIpc) is 3.90. The van der Waals surface area contributed by atoms with Crippen molar-refractivity contribution >= 4 is 11.4 Å². The van der Waals surface area contributed by atoms with Crippen LogP contribution in [0.1, 0.15) is 45.2 Å². The highest BCUT2D eigenvalue weighted by Crippen LogP contribution is 2.41. The summed E-state index contributed by atoms with van der Waals surface area (Å²) >= 11 is 0. The third kappa shape index (κ3) is 7.16. The molecule has 11 nitrogen and oxygen atoms in total. The Morgan fingerprint density at radius 1 is 0.902 bits per heavy atom. The van der Waals surface area contributed by atoms with E-state index < -0.39 is 17.2 Å². The molecule has 2 fully saturated rings. The number of aromatic nitrogens is 6. The fraction of sp³-hybridized carbons (Fsp3) is 0.368. The lowest BCUT2D eigenvalue weighted by Gasteiger charge is -2.37. The molecular formula is C38H42F2N8O3. The highest BCUT2D eigenvalue weighted by atomic mass is 19.1. The van der Waals surface area contributed by atoms with Gasteiger partial charge in [0.05, 0.1) is 31.1 Å². The first-order valence-corrected chi connectivity index (χ1v) is 17.4. The van der Waals surface area contributed by atoms with Crippen molar-refractivity contribution in [1.82, 2.24) is 29.1 Å². The smallest absolute Gasteiger partial charge is 0.350 e. The average molecular weight is 697 g/mol. The molecule has 0 bridgehead atoms. The van der Waals surface area contributed by atoms with Gasteiger partial charge in [-0.1, -0.05) is 26.8 Å². The maximum atomic E-state index is 15.0. The minimum atomic E-state index is -1.08. The van der Waals surface area contributed by atoms with E-state index in [0.717, 1.165) is 61.3 Å². The quantitative estimate of drug-likeness (QED) is 0.153. The molecule has 1 unspecified atom stereocenters. The van der Waals surface area contributed by atoms with Gasteiger partial charge in [-0.15, -0.1) is 0 Å². The summed E-state index contributed by atoms with van der Waals surface area (Å²) in [6, 6.07) is 19.7. The van der Waals surface area contributed by atoms with Gasteiger partial charge in [-0.2, -0.15) is 10.2 Å². The van der Waals surface area contributed by atoms with E-state index in [4.69, 9.17) is 9.47 Å².